The predicted molar refractivity (Wildman–Crippen MR) is 89.0 cm³/mol. The van der Waals surface area contributed by atoms with Crippen LogP contribution in [0.1, 0.15) is 55.5 Å². The molecule has 1 atom stereocenters. The molecule has 4 heteroatoms. The van der Waals surface area contributed by atoms with Crippen LogP contribution in [0.3, 0.4) is 0 Å². The summed E-state index contributed by atoms with van der Waals surface area (Å²) >= 11 is 0. The van der Waals surface area contributed by atoms with Crippen molar-refractivity contribution in [1.29, 1.82) is 0 Å². The molecule has 2 heterocycles. The highest BCUT2D eigenvalue weighted by Crippen LogP contribution is 2.39. The monoisotopic (exact) mass is 309 g/mol. The van der Waals surface area contributed by atoms with E-state index >= 15 is 0 Å². The lowest BCUT2D eigenvalue weighted by molar-refractivity contribution is -0.136. The first-order chi connectivity index (χ1) is 11.1. The Morgan fingerprint density at radius 3 is 2.83 bits per heavy atom. The second kappa shape index (κ2) is 5.52. The number of hydrogen-bond acceptors (Lipinski definition) is 2. The molecule has 1 N–H and O–H groups in total. The van der Waals surface area contributed by atoms with Crippen LogP contribution in [0.15, 0.2) is 36.4 Å². The van der Waals surface area contributed by atoms with Gasteiger partial charge in [0.05, 0.1) is 17.9 Å². The van der Waals surface area contributed by atoms with Crippen LogP contribution in [0.5, 0.6) is 0 Å². The van der Waals surface area contributed by atoms with E-state index in [0.717, 1.165) is 24.4 Å². The summed E-state index contributed by atoms with van der Waals surface area (Å²) in [6.07, 6.45) is 4.04. The Kier molecular flexibility index (Phi) is 3.47. The van der Waals surface area contributed by atoms with Crippen molar-refractivity contribution in [2.24, 2.45) is 0 Å². The molecular weight excluding hydrogens is 286 g/mol. The van der Waals surface area contributed by atoms with Crippen LogP contribution in [0, 0.1) is 0 Å². The number of hydrogen-bond donors (Lipinski definition) is 1. The van der Waals surface area contributed by atoms with E-state index < -0.39 is 0 Å². The van der Waals surface area contributed by atoms with Crippen molar-refractivity contribution in [3.63, 3.8) is 0 Å². The van der Waals surface area contributed by atoms with Crippen LogP contribution < -0.4 is 0 Å². The number of aromatic amines is 1. The van der Waals surface area contributed by atoms with Crippen LogP contribution in [0.4, 0.5) is 0 Å². The number of aromatic nitrogens is 2. The Balaban J connectivity index is 1.51. The second-order valence-electron chi connectivity index (χ2n) is 7.27. The number of benzene rings is 1. The van der Waals surface area contributed by atoms with Gasteiger partial charge in [0.15, 0.2) is 0 Å². The van der Waals surface area contributed by atoms with Gasteiger partial charge in [0, 0.05) is 24.3 Å². The molecule has 2 fully saturated rings. The molecule has 1 aromatic carbocycles. The van der Waals surface area contributed by atoms with Gasteiger partial charge in [0.1, 0.15) is 0 Å². The van der Waals surface area contributed by atoms with Gasteiger partial charge in [-0.2, -0.15) is 5.10 Å². The van der Waals surface area contributed by atoms with Crippen LogP contribution >= 0.6 is 0 Å². The molecule has 2 aromatic rings. The fourth-order valence-electron chi connectivity index (χ4n) is 3.60. The number of carbonyl (C=O) groups excluding carboxylic acids is 1. The minimum Gasteiger partial charge on any atom is -0.336 e. The van der Waals surface area contributed by atoms with E-state index in [4.69, 9.17) is 0 Å². The third kappa shape index (κ3) is 2.90. The fourth-order valence-corrected chi connectivity index (χ4v) is 3.60. The summed E-state index contributed by atoms with van der Waals surface area (Å²) in [5.41, 5.74) is 3.57. The zero-order chi connectivity index (χ0) is 15.9. The topological polar surface area (TPSA) is 49.0 Å². The number of nitrogens with one attached hydrogen (secondary N) is 1. The highest BCUT2D eigenvalue weighted by molar-refractivity contribution is 5.77. The molecule has 120 valence electrons. The van der Waals surface area contributed by atoms with Gasteiger partial charge in [-0.1, -0.05) is 37.3 Å². The summed E-state index contributed by atoms with van der Waals surface area (Å²) in [5, 5.41) is 7.52. The lowest BCUT2D eigenvalue weighted by Gasteiger charge is -2.40. The van der Waals surface area contributed by atoms with Gasteiger partial charge >= 0.3 is 0 Å². The largest absolute Gasteiger partial charge is 0.336 e. The van der Waals surface area contributed by atoms with Gasteiger partial charge in [0.25, 0.3) is 0 Å². The SMILES string of the molecule is CC1(c2ccccc2)CCC(=O)N(Cc2cc(C3CC3)n[nH]2)C1. The first kappa shape index (κ1) is 14.5. The van der Waals surface area contributed by atoms with E-state index in [2.05, 4.69) is 47.5 Å². The van der Waals surface area contributed by atoms with Crippen molar-refractivity contribution in [1.82, 2.24) is 15.1 Å². The highest BCUT2D eigenvalue weighted by Gasteiger charge is 2.36. The summed E-state index contributed by atoms with van der Waals surface area (Å²) in [4.78, 5) is 14.3. The van der Waals surface area contributed by atoms with E-state index in [0.29, 0.717) is 18.9 Å². The standard InChI is InChI=1S/C19H23N3O/c1-19(15-5-3-2-4-6-15)10-9-18(23)22(13-19)12-16-11-17(21-20-16)14-7-8-14/h2-6,11,14H,7-10,12-13H2,1H3,(H,20,21). The second-order valence-corrected chi connectivity index (χ2v) is 7.27. The fraction of sp³-hybridized carbons (Fsp3) is 0.474. The molecule has 0 bridgehead atoms. The molecule has 1 saturated carbocycles. The van der Waals surface area contributed by atoms with Crippen molar-refractivity contribution >= 4 is 5.91 Å². The maximum absolute atomic E-state index is 12.4. The number of piperidine rings is 1. The average molecular weight is 309 g/mol. The van der Waals surface area contributed by atoms with Gasteiger partial charge < -0.3 is 4.90 Å². The maximum atomic E-state index is 12.4. The third-order valence-corrected chi connectivity index (χ3v) is 5.26. The number of rotatable bonds is 4. The van der Waals surface area contributed by atoms with Crippen molar-refractivity contribution < 1.29 is 4.79 Å². The Morgan fingerprint density at radius 1 is 1.30 bits per heavy atom. The normalized spacial score (nSPS) is 24.9. The summed E-state index contributed by atoms with van der Waals surface area (Å²) in [5.74, 6) is 0.896. The molecule has 23 heavy (non-hydrogen) atoms. The molecule has 0 radical (unpaired) electrons. The zero-order valence-electron chi connectivity index (χ0n) is 13.6. The summed E-state index contributed by atoms with van der Waals surface area (Å²) < 4.78 is 0. The number of H-pyrrole nitrogens is 1. The molecule has 1 unspecified atom stereocenters. The molecule has 4 nitrogen and oxygen atoms in total. The summed E-state index contributed by atoms with van der Waals surface area (Å²) in [6.45, 7) is 3.68. The van der Waals surface area contributed by atoms with Crippen molar-refractivity contribution in [2.75, 3.05) is 6.54 Å². The Labute approximate surface area is 136 Å². The molecule has 1 saturated heterocycles. The van der Waals surface area contributed by atoms with Crippen molar-refractivity contribution in [3.8, 4) is 0 Å². The van der Waals surface area contributed by atoms with E-state index in [1.165, 1.54) is 18.4 Å². The van der Waals surface area contributed by atoms with Crippen molar-refractivity contribution in [2.45, 2.75) is 50.5 Å². The lowest BCUT2D eigenvalue weighted by Crippen LogP contribution is -2.47. The minimum absolute atomic E-state index is 0.0362. The molecule has 4 rings (SSSR count). The molecule has 1 aliphatic heterocycles. The van der Waals surface area contributed by atoms with Gasteiger partial charge in [-0.25, -0.2) is 0 Å². The number of nitrogens with zero attached hydrogens (tertiary/aromatic N) is 2. The maximum Gasteiger partial charge on any atom is 0.222 e. The minimum atomic E-state index is 0.0362. The smallest absolute Gasteiger partial charge is 0.222 e. The van der Waals surface area contributed by atoms with Crippen LogP contribution in [0.2, 0.25) is 0 Å². The molecule has 1 amide bonds. The number of carbonyl (C=O) groups is 1. The molecule has 0 spiro atoms. The third-order valence-electron chi connectivity index (χ3n) is 5.26. The summed E-state index contributed by atoms with van der Waals surface area (Å²) in [6, 6.07) is 12.7. The van der Waals surface area contributed by atoms with E-state index in [9.17, 15) is 4.79 Å². The Bertz CT molecular complexity index is 704. The van der Waals surface area contributed by atoms with E-state index in [1.54, 1.807) is 0 Å². The quantitative estimate of drug-likeness (QED) is 0.941. The Hall–Kier alpha value is -2.10. The predicted octanol–water partition coefficient (Wildman–Crippen LogP) is 3.37. The van der Waals surface area contributed by atoms with Crippen LogP contribution in [-0.2, 0) is 16.8 Å². The first-order valence-electron chi connectivity index (χ1n) is 8.51. The average Bonchev–Trinajstić information content (AvgIpc) is 3.32. The van der Waals surface area contributed by atoms with E-state index in [1.807, 2.05) is 11.0 Å². The molecule has 1 aromatic heterocycles. The van der Waals surface area contributed by atoms with Crippen molar-refractivity contribution in [3.05, 3.63) is 53.3 Å². The first-order valence-corrected chi connectivity index (χ1v) is 8.51. The Morgan fingerprint density at radius 2 is 2.09 bits per heavy atom. The number of amides is 1. The summed E-state index contributed by atoms with van der Waals surface area (Å²) in [7, 11) is 0. The molecule has 2 aliphatic rings. The van der Waals surface area contributed by atoms with Crippen LogP contribution in [0.25, 0.3) is 0 Å². The highest BCUT2D eigenvalue weighted by atomic mass is 16.2. The van der Waals surface area contributed by atoms with Gasteiger partial charge in [-0.05, 0) is 30.9 Å². The van der Waals surface area contributed by atoms with E-state index in [-0.39, 0.29) is 11.3 Å². The van der Waals surface area contributed by atoms with Gasteiger partial charge in [0.2, 0.25) is 5.91 Å². The van der Waals surface area contributed by atoms with Crippen LogP contribution in [-0.4, -0.2) is 27.5 Å². The van der Waals surface area contributed by atoms with Gasteiger partial charge in [-0.3, -0.25) is 9.89 Å². The lowest BCUT2D eigenvalue weighted by atomic mass is 9.75. The molecular formula is C19H23N3O. The van der Waals surface area contributed by atoms with Gasteiger partial charge in [-0.15, -0.1) is 0 Å². The number of likely N-dealkylation sites (tertiary alicyclic amines) is 1. The molecule has 1 aliphatic carbocycles. The zero-order valence-corrected chi connectivity index (χ0v) is 13.6.